The van der Waals surface area contributed by atoms with Crippen molar-refractivity contribution in [1.82, 2.24) is 5.32 Å². The van der Waals surface area contributed by atoms with E-state index in [1.54, 1.807) is 23.9 Å². The highest BCUT2D eigenvalue weighted by Gasteiger charge is 2.52. The lowest BCUT2D eigenvalue weighted by Crippen LogP contribution is -2.41. The standard InChI is InChI=1S/C18H22N2O3S2/c1-24-14-4-6-15(7-5-14)25(22,23)11-13-3-2-12-10-16(12)17(13)18(21)20-9-8-19/h4-7,12-13,16-17H,2-3,9-11H2,1H3,(H,20,21)/t12-,13?,16?,17?/m0/s1. The van der Waals surface area contributed by atoms with E-state index in [0.29, 0.717) is 10.8 Å². The average molecular weight is 379 g/mol. The van der Waals surface area contributed by atoms with Gasteiger partial charge in [-0.25, -0.2) is 8.42 Å². The van der Waals surface area contributed by atoms with Crippen LogP contribution in [0.3, 0.4) is 0 Å². The van der Waals surface area contributed by atoms with Gasteiger partial charge in [-0.3, -0.25) is 4.79 Å². The van der Waals surface area contributed by atoms with Gasteiger partial charge in [0.25, 0.3) is 0 Å². The zero-order valence-corrected chi connectivity index (χ0v) is 15.8. The third-order valence-electron chi connectivity index (χ3n) is 5.35. The van der Waals surface area contributed by atoms with E-state index in [1.165, 1.54) is 0 Å². The molecule has 3 unspecified atom stereocenters. The summed E-state index contributed by atoms with van der Waals surface area (Å²) in [5, 5.41) is 11.3. The Morgan fingerprint density at radius 2 is 2.04 bits per heavy atom. The summed E-state index contributed by atoms with van der Waals surface area (Å²) in [5.74, 6) is 0.218. The van der Waals surface area contributed by atoms with E-state index in [9.17, 15) is 13.2 Å². The summed E-state index contributed by atoms with van der Waals surface area (Å²) in [4.78, 5) is 13.8. The molecule has 0 aliphatic heterocycles. The Morgan fingerprint density at radius 3 is 2.68 bits per heavy atom. The van der Waals surface area contributed by atoms with Gasteiger partial charge >= 0.3 is 0 Å². The summed E-state index contributed by atoms with van der Waals surface area (Å²) in [5.41, 5.74) is 0. The third-order valence-corrected chi connectivity index (χ3v) is 7.95. The van der Waals surface area contributed by atoms with E-state index in [-0.39, 0.29) is 36.0 Å². The maximum absolute atomic E-state index is 12.8. The number of fused-ring (bicyclic) bond motifs is 1. The fourth-order valence-corrected chi connectivity index (χ4v) is 6.09. The molecule has 25 heavy (non-hydrogen) atoms. The molecule has 4 atom stereocenters. The van der Waals surface area contributed by atoms with Crippen LogP contribution in [-0.2, 0) is 14.6 Å². The molecule has 134 valence electrons. The maximum atomic E-state index is 12.8. The lowest BCUT2D eigenvalue weighted by atomic mass is 9.79. The maximum Gasteiger partial charge on any atom is 0.224 e. The predicted molar refractivity (Wildman–Crippen MR) is 96.7 cm³/mol. The third kappa shape index (κ3) is 4.01. The predicted octanol–water partition coefficient (Wildman–Crippen LogP) is 2.48. The molecule has 0 heterocycles. The highest BCUT2D eigenvalue weighted by molar-refractivity contribution is 7.98. The number of thioether (sulfide) groups is 1. The molecular weight excluding hydrogens is 356 g/mol. The second kappa shape index (κ2) is 7.38. The van der Waals surface area contributed by atoms with Gasteiger partial charge in [0, 0.05) is 10.8 Å². The molecule has 1 amide bonds. The molecule has 1 N–H and O–H groups in total. The molecule has 2 fully saturated rings. The normalized spacial score (nSPS) is 27.8. The van der Waals surface area contributed by atoms with Crippen molar-refractivity contribution in [3.63, 3.8) is 0 Å². The Labute approximate surface area is 153 Å². The molecule has 0 bridgehead atoms. The van der Waals surface area contributed by atoms with E-state index in [2.05, 4.69) is 5.32 Å². The molecule has 2 aliphatic rings. The topological polar surface area (TPSA) is 87.0 Å². The number of hydrogen-bond acceptors (Lipinski definition) is 5. The first kappa shape index (κ1) is 18.3. The van der Waals surface area contributed by atoms with Crippen molar-refractivity contribution in [3.05, 3.63) is 24.3 Å². The summed E-state index contributed by atoms with van der Waals surface area (Å²) in [6.07, 6.45) is 4.71. The van der Waals surface area contributed by atoms with Crippen LogP contribution in [0.25, 0.3) is 0 Å². The number of hydrogen-bond donors (Lipinski definition) is 1. The molecule has 0 spiro atoms. The Kier molecular flexibility index (Phi) is 5.40. The van der Waals surface area contributed by atoms with Gasteiger partial charge in [0.2, 0.25) is 5.91 Å². The number of rotatable bonds is 6. The van der Waals surface area contributed by atoms with Crippen LogP contribution >= 0.6 is 11.8 Å². The largest absolute Gasteiger partial charge is 0.343 e. The molecule has 1 aromatic carbocycles. The molecule has 3 rings (SSSR count). The van der Waals surface area contributed by atoms with E-state index < -0.39 is 9.84 Å². The van der Waals surface area contributed by atoms with Gasteiger partial charge in [-0.05, 0) is 67.5 Å². The average Bonchev–Trinajstić information content (AvgIpc) is 3.38. The number of carbonyl (C=O) groups is 1. The number of carbonyl (C=O) groups excluding carboxylic acids is 1. The van der Waals surface area contributed by atoms with E-state index in [0.717, 1.165) is 24.2 Å². The Morgan fingerprint density at radius 1 is 1.32 bits per heavy atom. The molecular formula is C18H22N2O3S2. The first-order valence-corrected chi connectivity index (χ1v) is 11.4. The lowest BCUT2D eigenvalue weighted by molar-refractivity contribution is -0.127. The van der Waals surface area contributed by atoms with Crippen LogP contribution in [0, 0.1) is 35.0 Å². The summed E-state index contributed by atoms with van der Waals surface area (Å²) < 4.78 is 25.6. The van der Waals surface area contributed by atoms with Gasteiger partial charge in [-0.15, -0.1) is 11.8 Å². The summed E-state index contributed by atoms with van der Waals surface area (Å²) >= 11 is 1.57. The van der Waals surface area contributed by atoms with E-state index in [4.69, 9.17) is 5.26 Å². The molecule has 0 radical (unpaired) electrons. The zero-order valence-electron chi connectivity index (χ0n) is 14.1. The van der Waals surface area contributed by atoms with Crippen molar-refractivity contribution >= 4 is 27.5 Å². The molecule has 2 aliphatic carbocycles. The number of benzene rings is 1. The van der Waals surface area contributed by atoms with Crippen molar-refractivity contribution in [3.8, 4) is 6.07 Å². The van der Waals surface area contributed by atoms with Crippen molar-refractivity contribution in [2.45, 2.75) is 29.1 Å². The van der Waals surface area contributed by atoms with Crippen LogP contribution in [0.1, 0.15) is 19.3 Å². The minimum atomic E-state index is -3.43. The molecule has 2 saturated carbocycles. The molecule has 5 nitrogen and oxygen atoms in total. The molecule has 7 heteroatoms. The van der Waals surface area contributed by atoms with Gasteiger partial charge in [-0.1, -0.05) is 0 Å². The second-order valence-electron chi connectivity index (χ2n) is 6.86. The van der Waals surface area contributed by atoms with Crippen LogP contribution < -0.4 is 5.32 Å². The van der Waals surface area contributed by atoms with Gasteiger partial charge in [0.15, 0.2) is 9.84 Å². The van der Waals surface area contributed by atoms with Crippen LogP contribution in [0.4, 0.5) is 0 Å². The van der Waals surface area contributed by atoms with Crippen LogP contribution in [-0.4, -0.2) is 32.9 Å². The lowest BCUT2D eigenvalue weighted by Gasteiger charge is -2.30. The van der Waals surface area contributed by atoms with Crippen molar-refractivity contribution in [2.24, 2.45) is 23.7 Å². The Balaban J connectivity index is 1.76. The van der Waals surface area contributed by atoms with E-state index >= 15 is 0 Å². The highest BCUT2D eigenvalue weighted by Crippen LogP contribution is 2.55. The second-order valence-corrected chi connectivity index (χ2v) is 9.77. The minimum absolute atomic E-state index is 0.000521. The number of sulfone groups is 1. The first-order chi connectivity index (χ1) is 12.0. The van der Waals surface area contributed by atoms with Crippen molar-refractivity contribution in [2.75, 3.05) is 18.6 Å². The summed E-state index contributed by atoms with van der Waals surface area (Å²) in [6, 6.07) is 8.83. The number of amides is 1. The number of nitrogens with zero attached hydrogens (tertiary/aromatic N) is 1. The van der Waals surface area contributed by atoms with Gasteiger partial charge in [0.05, 0.1) is 16.7 Å². The highest BCUT2D eigenvalue weighted by atomic mass is 32.2. The zero-order chi connectivity index (χ0) is 18.0. The number of nitriles is 1. The van der Waals surface area contributed by atoms with Crippen LogP contribution in [0.5, 0.6) is 0 Å². The van der Waals surface area contributed by atoms with Gasteiger partial charge < -0.3 is 5.32 Å². The Bertz CT molecular complexity index is 784. The molecule has 0 saturated heterocycles. The molecule has 1 aromatic rings. The molecule has 0 aromatic heterocycles. The summed E-state index contributed by atoms with van der Waals surface area (Å²) in [7, 11) is -3.43. The van der Waals surface area contributed by atoms with Crippen LogP contribution in [0.2, 0.25) is 0 Å². The monoisotopic (exact) mass is 378 g/mol. The van der Waals surface area contributed by atoms with Crippen LogP contribution in [0.15, 0.2) is 34.1 Å². The number of nitrogens with one attached hydrogen (secondary N) is 1. The fraction of sp³-hybridized carbons (Fsp3) is 0.556. The smallest absolute Gasteiger partial charge is 0.224 e. The van der Waals surface area contributed by atoms with Gasteiger partial charge in [0.1, 0.15) is 6.54 Å². The SMILES string of the molecule is CSc1ccc(S(=O)(=O)CC2CC[C@H]3CC3C2C(=O)NCC#N)cc1. The van der Waals surface area contributed by atoms with Crippen molar-refractivity contribution < 1.29 is 13.2 Å². The van der Waals surface area contributed by atoms with Crippen molar-refractivity contribution in [1.29, 1.82) is 5.26 Å². The van der Waals surface area contributed by atoms with E-state index in [1.807, 2.05) is 24.5 Å². The minimum Gasteiger partial charge on any atom is -0.343 e. The van der Waals surface area contributed by atoms with Gasteiger partial charge in [-0.2, -0.15) is 5.26 Å². The summed E-state index contributed by atoms with van der Waals surface area (Å²) in [6.45, 7) is -0.0255. The first-order valence-electron chi connectivity index (χ1n) is 8.47. The fourth-order valence-electron chi connectivity index (χ4n) is 4.00. The Hall–Kier alpha value is -1.52. The quantitative estimate of drug-likeness (QED) is 0.607.